The van der Waals surface area contributed by atoms with Crippen molar-refractivity contribution in [1.29, 1.82) is 0 Å². The molecule has 1 aromatic rings. The fourth-order valence-corrected chi connectivity index (χ4v) is 2.40. The Morgan fingerprint density at radius 1 is 1.21 bits per heavy atom. The van der Waals surface area contributed by atoms with Crippen molar-refractivity contribution in [2.75, 3.05) is 27.8 Å². The van der Waals surface area contributed by atoms with Gasteiger partial charge in [-0.15, -0.1) is 0 Å². The zero-order valence-corrected chi connectivity index (χ0v) is 12.3. The second-order valence-electron chi connectivity index (χ2n) is 5.67. The summed E-state index contributed by atoms with van der Waals surface area (Å²) in [5, 5.41) is 0. The third kappa shape index (κ3) is 3.39. The standard InChI is InChI=1S/C15H24N2O2/c1-11-7-13(18-3)14(19-4)8-12(11)9-17(2)10-15(16)5-6-15/h7-8H,5-6,9-10,16H2,1-4H3. The van der Waals surface area contributed by atoms with E-state index in [-0.39, 0.29) is 5.54 Å². The maximum atomic E-state index is 6.15. The van der Waals surface area contributed by atoms with Gasteiger partial charge in [-0.25, -0.2) is 0 Å². The van der Waals surface area contributed by atoms with Crippen molar-refractivity contribution in [3.63, 3.8) is 0 Å². The van der Waals surface area contributed by atoms with Crippen LogP contribution in [0, 0.1) is 6.92 Å². The van der Waals surface area contributed by atoms with Crippen LogP contribution in [0.1, 0.15) is 24.0 Å². The molecule has 1 aromatic carbocycles. The lowest BCUT2D eigenvalue weighted by molar-refractivity contribution is 0.294. The number of likely N-dealkylation sites (N-methyl/N-ethyl adjacent to an activating group) is 1. The molecule has 19 heavy (non-hydrogen) atoms. The maximum absolute atomic E-state index is 6.15. The van der Waals surface area contributed by atoms with Crippen molar-refractivity contribution < 1.29 is 9.47 Å². The molecule has 0 amide bonds. The first kappa shape index (κ1) is 14.2. The summed E-state index contributed by atoms with van der Waals surface area (Å²) < 4.78 is 10.7. The topological polar surface area (TPSA) is 47.7 Å². The van der Waals surface area contributed by atoms with E-state index in [1.54, 1.807) is 14.2 Å². The largest absolute Gasteiger partial charge is 0.493 e. The molecule has 0 atom stereocenters. The smallest absolute Gasteiger partial charge is 0.161 e. The Kier molecular flexibility index (Phi) is 4.02. The highest BCUT2D eigenvalue weighted by Gasteiger charge is 2.38. The van der Waals surface area contributed by atoms with Gasteiger partial charge in [0.2, 0.25) is 0 Å². The van der Waals surface area contributed by atoms with Crippen LogP contribution in [0.15, 0.2) is 12.1 Å². The number of benzene rings is 1. The van der Waals surface area contributed by atoms with Crippen LogP contribution in [0.4, 0.5) is 0 Å². The van der Waals surface area contributed by atoms with Crippen molar-refractivity contribution in [1.82, 2.24) is 4.90 Å². The number of nitrogens with two attached hydrogens (primary N) is 1. The third-order valence-electron chi connectivity index (χ3n) is 3.76. The minimum absolute atomic E-state index is 0.0548. The minimum Gasteiger partial charge on any atom is -0.493 e. The molecule has 0 aliphatic heterocycles. The molecular weight excluding hydrogens is 240 g/mol. The van der Waals surface area contributed by atoms with E-state index in [9.17, 15) is 0 Å². The minimum atomic E-state index is 0.0548. The van der Waals surface area contributed by atoms with Gasteiger partial charge in [0, 0.05) is 18.6 Å². The lowest BCUT2D eigenvalue weighted by Gasteiger charge is -2.22. The Labute approximate surface area is 115 Å². The molecule has 4 nitrogen and oxygen atoms in total. The summed E-state index contributed by atoms with van der Waals surface area (Å²) in [6, 6.07) is 4.08. The molecule has 0 saturated heterocycles. The van der Waals surface area contributed by atoms with Gasteiger partial charge in [-0.1, -0.05) is 0 Å². The van der Waals surface area contributed by atoms with Gasteiger partial charge in [0.1, 0.15) is 0 Å². The van der Waals surface area contributed by atoms with Crippen LogP contribution in [0.5, 0.6) is 11.5 Å². The summed E-state index contributed by atoms with van der Waals surface area (Å²) in [6.45, 7) is 3.92. The van der Waals surface area contributed by atoms with Gasteiger partial charge in [0.25, 0.3) is 0 Å². The Morgan fingerprint density at radius 2 is 1.79 bits per heavy atom. The van der Waals surface area contributed by atoms with Crippen molar-refractivity contribution in [2.45, 2.75) is 31.8 Å². The molecule has 1 aliphatic carbocycles. The quantitative estimate of drug-likeness (QED) is 0.853. The predicted molar refractivity (Wildman–Crippen MR) is 76.8 cm³/mol. The van der Waals surface area contributed by atoms with E-state index in [1.165, 1.54) is 11.1 Å². The molecule has 1 fully saturated rings. The van der Waals surface area contributed by atoms with Gasteiger partial charge >= 0.3 is 0 Å². The van der Waals surface area contributed by atoms with Crippen molar-refractivity contribution in [2.24, 2.45) is 5.73 Å². The molecule has 4 heteroatoms. The first-order valence-corrected chi connectivity index (χ1v) is 6.66. The Morgan fingerprint density at radius 3 is 2.32 bits per heavy atom. The monoisotopic (exact) mass is 264 g/mol. The van der Waals surface area contributed by atoms with Gasteiger partial charge in [-0.3, -0.25) is 0 Å². The van der Waals surface area contributed by atoms with E-state index >= 15 is 0 Å². The number of hydrogen-bond donors (Lipinski definition) is 1. The predicted octanol–water partition coefficient (Wildman–Crippen LogP) is 1.94. The number of ether oxygens (including phenoxy) is 2. The Balaban J connectivity index is 2.10. The molecule has 1 aliphatic rings. The second kappa shape index (κ2) is 5.39. The van der Waals surface area contributed by atoms with E-state index in [4.69, 9.17) is 15.2 Å². The van der Waals surface area contributed by atoms with Crippen LogP contribution in [0.2, 0.25) is 0 Å². The molecule has 106 valence electrons. The van der Waals surface area contributed by atoms with Crippen LogP contribution in [-0.4, -0.2) is 38.3 Å². The van der Waals surface area contributed by atoms with Crippen LogP contribution in [0.25, 0.3) is 0 Å². The fourth-order valence-electron chi connectivity index (χ4n) is 2.40. The summed E-state index contributed by atoms with van der Waals surface area (Å²) >= 11 is 0. The second-order valence-corrected chi connectivity index (χ2v) is 5.67. The molecule has 2 N–H and O–H groups in total. The summed E-state index contributed by atoms with van der Waals surface area (Å²) in [5.74, 6) is 1.56. The summed E-state index contributed by atoms with van der Waals surface area (Å²) in [4.78, 5) is 2.28. The first-order chi connectivity index (χ1) is 8.97. The van der Waals surface area contributed by atoms with Crippen LogP contribution >= 0.6 is 0 Å². The molecule has 0 unspecified atom stereocenters. The van der Waals surface area contributed by atoms with Crippen molar-refractivity contribution >= 4 is 0 Å². The van der Waals surface area contributed by atoms with Gasteiger partial charge < -0.3 is 20.1 Å². The number of methoxy groups -OCH3 is 2. The lowest BCUT2D eigenvalue weighted by atomic mass is 10.1. The number of aryl methyl sites for hydroxylation is 1. The third-order valence-corrected chi connectivity index (χ3v) is 3.76. The molecule has 0 bridgehead atoms. The molecule has 0 spiro atoms. The summed E-state index contributed by atoms with van der Waals surface area (Å²) in [6.07, 6.45) is 2.28. The van der Waals surface area contributed by atoms with Crippen LogP contribution in [0.3, 0.4) is 0 Å². The van der Waals surface area contributed by atoms with Gasteiger partial charge in [-0.2, -0.15) is 0 Å². The zero-order valence-electron chi connectivity index (χ0n) is 12.3. The van der Waals surface area contributed by atoms with Gasteiger partial charge in [0.05, 0.1) is 14.2 Å². The molecular formula is C15H24N2O2. The van der Waals surface area contributed by atoms with Crippen LogP contribution < -0.4 is 15.2 Å². The average molecular weight is 264 g/mol. The first-order valence-electron chi connectivity index (χ1n) is 6.66. The lowest BCUT2D eigenvalue weighted by Crippen LogP contribution is -2.36. The Bertz CT molecular complexity index is 456. The normalized spacial score (nSPS) is 16.5. The van der Waals surface area contributed by atoms with Gasteiger partial charge in [-0.05, 0) is 50.1 Å². The Hall–Kier alpha value is -1.26. The van der Waals surface area contributed by atoms with E-state index in [2.05, 4.69) is 24.9 Å². The summed E-state index contributed by atoms with van der Waals surface area (Å²) in [5.41, 5.74) is 8.68. The number of hydrogen-bond acceptors (Lipinski definition) is 4. The highest BCUT2D eigenvalue weighted by molar-refractivity contribution is 5.47. The van der Waals surface area contributed by atoms with E-state index in [0.29, 0.717) is 0 Å². The number of rotatable bonds is 6. The molecule has 2 rings (SSSR count). The maximum Gasteiger partial charge on any atom is 0.161 e. The van der Waals surface area contributed by atoms with Crippen molar-refractivity contribution in [3.05, 3.63) is 23.3 Å². The van der Waals surface area contributed by atoms with E-state index < -0.39 is 0 Å². The molecule has 0 radical (unpaired) electrons. The zero-order chi connectivity index (χ0) is 14.0. The fraction of sp³-hybridized carbons (Fsp3) is 0.600. The molecule has 0 aromatic heterocycles. The highest BCUT2D eigenvalue weighted by atomic mass is 16.5. The SMILES string of the molecule is COc1cc(C)c(CN(C)CC2(N)CC2)cc1OC. The summed E-state index contributed by atoms with van der Waals surface area (Å²) in [7, 11) is 5.44. The van der Waals surface area contributed by atoms with Gasteiger partial charge in [0.15, 0.2) is 11.5 Å². The average Bonchev–Trinajstić information content (AvgIpc) is 3.08. The van der Waals surface area contributed by atoms with Crippen LogP contribution in [-0.2, 0) is 6.54 Å². The molecule has 0 heterocycles. The number of nitrogens with zero attached hydrogens (tertiary/aromatic N) is 1. The highest BCUT2D eigenvalue weighted by Crippen LogP contribution is 2.34. The molecule has 1 saturated carbocycles. The van der Waals surface area contributed by atoms with E-state index in [0.717, 1.165) is 37.4 Å². The van der Waals surface area contributed by atoms with Crippen molar-refractivity contribution in [3.8, 4) is 11.5 Å². The van der Waals surface area contributed by atoms with E-state index in [1.807, 2.05) is 6.07 Å².